The lowest BCUT2D eigenvalue weighted by atomic mass is 10.1. The molecule has 148 valence electrons. The first-order valence-corrected chi connectivity index (χ1v) is 9.45. The SMILES string of the molecule is CCc1[nH]c(C(=O)Nc2ccc(C(=O)NC3CC3)c(Cl)c2)c(C)c1C(=O)OC. The van der Waals surface area contributed by atoms with Gasteiger partial charge in [0.2, 0.25) is 0 Å². The number of benzene rings is 1. The lowest BCUT2D eigenvalue weighted by Gasteiger charge is -2.09. The number of aromatic amines is 1. The molecule has 1 fully saturated rings. The Morgan fingerprint density at radius 3 is 2.54 bits per heavy atom. The van der Waals surface area contributed by atoms with Crippen LogP contribution >= 0.6 is 11.6 Å². The number of aromatic nitrogens is 1. The molecule has 0 unspecified atom stereocenters. The predicted octanol–water partition coefficient (Wildman–Crippen LogP) is 3.47. The minimum absolute atomic E-state index is 0.221. The molecule has 3 rings (SSSR count). The van der Waals surface area contributed by atoms with Crippen LogP contribution in [-0.2, 0) is 11.2 Å². The van der Waals surface area contributed by atoms with Crippen molar-refractivity contribution in [3.05, 3.63) is 51.3 Å². The summed E-state index contributed by atoms with van der Waals surface area (Å²) < 4.78 is 4.81. The van der Waals surface area contributed by atoms with Gasteiger partial charge in [0.1, 0.15) is 5.69 Å². The van der Waals surface area contributed by atoms with E-state index >= 15 is 0 Å². The van der Waals surface area contributed by atoms with E-state index in [1.54, 1.807) is 19.1 Å². The monoisotopic (exact) mass is 403 g/mol. The molecule has 1 aliphatic rings. The van der Waals surface area contributed by atoms with Gasteiger partial charge >= 0.3 is 5.97 Å². The number of rotatable bonds is 6. The number of ether oxygens (including phenoxy) is 1. The second kappa shape index (κ2) is 8.06. The average Bonchev–Trinajstić information content (AvgIpc) is 3.41. The number of hydrogen-bond acceptors (Lipinski definition) is 4. The number of esters is 1. The molecule has 2 amide bonds. The molecule has 0 aliphatic heterocycles. The highest BCUT2D eigenvalue weighted by Gasteiger charge is 2.26. The third-order valence-electron chi connectivity index (χ3n) is 4.68. The summed E-state index contributed by atoms with van der Waals surface area (Å²) in [7, 11) is 1.30. The number of hydrogen-bond donors (Lipinski definition) is 3. The number of carbonyl (C=O) groups is 3. The Kier molecular flexibility index (Phi) is 5.74. The van der Waals surface area contributed by atoms with E-state index in [9.17, 15) is 14.4 Å². The topological polar surface area (TPSA) is 100 Å². The Bertz CT molecular complexity index is 947. The standard InChI is InChI=1S/C20H22ClN3O4/c1-4-15-16(20(27)28-3)10(2)17(24-15)19(26)23-12-7-8-13(14(21)9-12)18(25)22-11-5-6-11/h7-9,11,24H,4-6H2,1-3H3,(H,22,25)(H,23,26). The highest BCUT2D eigenvalue weighted by atomic mass is 35.5. The van der Waals surface area contributed by atoms with Gasteiger partial charge in [-0.15, -0.1) is 0 Å². The van der Waals surface area contributed by atoms with Crippen LogP contribution in [-0.4, -0.2) is 35.9 Å². The minimum atomic E-state index is -0.487. The minimum Gasteiger partial charge on any atom is -0.465 e. The number of carbonyl (C=O) groups excluding carboxylic acids is 3. The van der Waals surface area contributed by atoms with Gasteiger partial charge in [-0.1, -0.05) is 18.5 Å². The van der Waals surface area contributed by atoms with E-state index in [2.05, 4.69) is 15.6 Å². The van der Waals surface area contributed by atoms with Crippen LogP contribution in [0.1, 0.15) is 62.2 Å². The first kappa shape index (κ1) is 19.9. The van der Waals surface area contributed by atoms with E-state index in [1.807, 2.05) is 6.92 Å². The summed E-state index contributed by atoms with van der Waals surface area (Å²) in [6.07, 6.45) is 2.52. The first-order chi connectivity index (χ1) is 13.3. The van der Waals surface area contributed by atoms with Gasteiger partial charge in [-0.2, -0.15) is 0 Å². The molecule has 2 aromatic rings. The first-order valence-electron chi connectivity index (χ1n) is 9.07. The number of aryl methyl sites for hydroxylation is 1. The summed E-state index contributed by atoms with van der Waals surface area (Å²) in [5.41, 5.74) is 2.63. The van der Waals surface area contributed by atoms with Crippen molar-refractivity contribution in [2.75, 3.05) is 12.4 Å². The lowest BCUT2D eigenvalue weighted by Crippen LogP contribution is -2.25. The van der Waals surface area contributed by atoms with Crippen LogP contribution < -0.4 is 10.6 Å². The molecule has 1 aliphatic carbocycles. The molecule has 1 heterocycles. The predicted molar refractivity (Wildman–Crippen MR) is 106 cm³/mol. The van der Waals surface area contributed by atoms with Crippen molar-refractivity contribution in [1.82, 2.24) is 10.3 Å². The summed E-state index contributed by atoms with van der Waals surface area (Å²) in [4.78, 5) is 39.8. The van der Waals surface area contributed by atoms with Crippen molar-refractivity contribution in [3.63, 3.8) is 0 Å². The van der Waals surface area contributed by atoms with Crippen LogP contribution in [0.25, 0.3) is 0 Å². The van der Waals surface area contributed by atoms with Crippen LogP contribution in [0.15, 0.2) is 18.2 Å². The summed E-state index contributed by atoms with van der Waals surface area (Å²) in [5.74, 6) is -1.12. The third-order valence-corrected chi connectivity index (χ3v) is 4.99. The van der Waals surface area contributed by atoms with Crippen LogP contribution in [0.4, 0.5) is 5.69 Å². The molecular weight excluding hydrogens is 382 g/mol. The maximum atomic E-state index is 12.7. The molecule has 3 N–H and O–H groups in total. The second-order valence-electron chi connectivity index (χ2n) is 6.72. The van der Waals surface area contributed by atoms with E-state index in [0.717, 1.165) is 12.8 Å². The van der Waals surface area contributed by atoms with Gasteiger partial charge in [-0.3, -0.25) is 9.59 Å². The zero-order valence-corrected chi connectivity index (χ0v) is 16.7. The van der Waals surface area contributed by atoms with Crippen LogP contribution in [0.5, 0.6) is 0 Å². The number of anilines is 1. The number of H-pyrrole nitrogens is 1. The van der Waals surface area contributed by atoms with Gasteiger partial charge in [0.15, 0.2) is 0 Å². The highest BCUT2D eigenvalue weighted by Crippen LogP contribution is 2.25. The van der Waals surface area contributed by atoms with E-state index in [-0.39, 0.29) is 22.7 Å². The zero-order valence-electron chi connectivity index (χ0n) is 15.9. The fraction of sp³-hybridized carbons (Fsp3) is 0.350. The van der Waals surface area contributed by atoms with Crippen LogP contribution in [0.3, 0.4) is 0 Å². The second-order valence-corrected chi connectivity index (χ2v) is 7.13. The van der Waals surface area contributed by atoms with Gasteiger partial charge in [0.25, 0.3) is 11.8 Å². The van der Waals surface area contributed by atoms with Crippen molar-refractivity contribution in [2.24, 2.45) is 0 Å². The Morgan fingerprint density at radius 1 is 1.25 bits per heavy atom. The largest absolute Gasteiger partial charge is 0.465 e. The third kappa shape index (κ3) is 4.04. The molecule has 28 heavy (non-hydrogen) atoms. The Morgan fingerprint density at radius 2 is 1.96 bits per heavy atom. The normalized spacial score (nSPS) is 13.1. The smallest absolute Gasteiger partial charge is 0.339 e. The summed E-state index contributed by atoms with van der Waals surface area (Å²) in [6.45, 7) is 3.57. The van der Waals surface area contributed by atoms with E-state index in [0.29, 0.717) is 34.5 Å². The molecule has 0 spiro atoms. The van der Waals surface area contributed by atoms with Gasteiger partial charge in [-0.25, -0.2) is 4.79 Å². The molecule has 1 aromatic heterocycles. The molecular formula is C20H22ClN3O4. The molecule has 1 aromatic carbocycles. The van der Waals surface area contributed by atoms with Crippen molar-refractivity contribution >= 4 is 35.1 Å². The van der Waals surface area contributed by atoms with E-state index < -0.39 is 11.9 Å². The average molecular weight is 404 g/mol. The molecule has 8 heteroatoms. The molecule has 0 saturated heterocycles. The molecule has 0 atom stereocenters. The Hall–Kier alpha value is -2.80. The van der Waals surface area contributed by atoms with Crippen molar-refractivity contribution in [2.45, 2.75) is 39.2 Å². The summed E-state index contributed by atoms with van der Waals surface area (Å²) >= 11 is 6.22. The van der Waals surface area contributed by atoms with E-state index in [1.165, 1.54) is 13.2 Å². The van der Waals surface area contributed by atoms with Gasteiger partial charge in [0.05, 0.1) is 23.3 Å². The molecule has 7 nitrogen and oxygen atoms in total. The maximum Gasteiger partial charge on any atom is 0.339 e. The van der Waals surface area contributed by atoms with Crippen LogP contribution in [0, 0.1) is 6.92 Å². The van der Waals surface area contributed by atoms with Gasteiger partial charge < -0.3 is 20.4 Å². The quantitative estimate of drug-likeness (QED) is 0.643. The Labute approximate surface area is 167 Å². The van der Waals surface area contributed by atoms with Crippen molar-refractivity contribution in [3.8, 4) is 0 Å². The van der Waals surface area contributed by atoms with Crippen molar-refractivity contribution < 1.29 is 19.1 Å². The zero-order chi connectivity index (χ0) is 20.4. The van der Waals surface area contributed by atoms with Gasteiger partial charge in [0, 0.05) is 17.4 Å². The number of nitrogens with one attached hydrogen (secondary N) is 3. The molecule has 1 saturated carbocycles. The van der Waals surface area contributed by atoms with Gasteiger partial charge in [-0.05, 0) is 49.9 Å². The van der Waals surface area contributed by atoms with E-state index in [4.69, 9.17) is 16.3 Å². The molecule has 0 bridgehead atoms. The number of methoxy groups -OCH3 is 1. The summed E-state index contributed by atoms with van der Waals surface area (Å²) in [6, 6.07) is 4.96. The highest BCUT2D eigenvalue weighted by molar-refractivity contribution is 6.34. The lowest BCUT2D eigenvalue weighted by molar-refractivity contribution is 0.0598. The maximum absolute atomic E-state index is 12.7. The fourth-order valence-electron chi connectivity index (χ4n) is 2.99. The van der Waals surface area contributed by atoms with Crippen LogP contribution in [0.2, 0.25) is 5.02 Å². The van der Waals surface area contributed by atoms with Crippen molar-refractivity contribution in [1.29, 1.82) is 0 Å². The number of halogens is 1. The fourth-order valence-corrected chi connectivity index (χ4v) is 3.26. The summed E-state index contributed by atoms with van der Waals surface area (Å²) in [5, 5.41) is 5.87. The Balaban J connectivity index is 1.79. The number of amides is 2. The molecule has 0 radical (unpaired) electrons.